The molecule has 0 aromatic carbocycles. The smallest absolute Gasteiger partial charge is 0.239 e. The van der Waals surface area contributed by atoms with Crippen LogP contribution in [0.1, 0.15) is 33.1 Å². The molecule has 5 heteroatoms. The molecule has 0 radical (unpaired) electrons. The van der Waals surface area contributed by atoms with Crippen LogP contribution in [0.15, 0.2) is 0 Å². The number of hydrogen-bond donors (Lipinski definition) is 2. The first-order valence-electron chi connectivity index (χ1n) is 7.98. The third-order valence-electron chi connectivity index (χ3n) is 4.77. The lowest BCUT2D eigenvalue weighted by Gasteiger charge is -2.46. The highest BCUT2D eigenvalue weighted by atomic mass is 16.5. The number of nitrogens with zero attached hydrogens (tertiary/aromatic N) is 1. The molecule has 0 spiro atoms. The summed E-state index contributed by atoms with van der Waals surface area (Å²) in [4.78, 5) is 14.6. The molecule has 4 atom stereocenters. The summed E-state index contributed by atoms with van der Waals surface area (Å²) in [6, 6.07) is 0.285. The Hall–Kier alpha value is -0.650. The summed E-state index contributed by atoms with van der Waals surface area (Å²) >= 11 is 0. The summed E-state index contributed by atoms with van der Waals surface area (Å²) in [5.74, 6) is 1.34. The number of nitrogens with one attached hydrogen (secondary N) is 1. The van der Waals surface area contributed by atoms with E-state index in [1.54, 1.807) is 0 Å². The second-order valence-electron chi connectivity index (χ2n) is 6.20. The maximum atomic E-state index is 12.3. The molecule has 2 fully saturated rings. The van der Waals surface area contributed by atoms with E-state index in [0.717, 1.165) is 32.0 Å². The van der Waals surface area contributed by atoms with Crippen molar-refractivity contribution < 1.29 is 9.53 Å². The molecule has 1 heterocycles. The first kappa shape index (κ1) is 15.7. The Bertz CT molecular complexity index is 324. The van der Waals surface area contributed by atoms with Gasteiger partial charge in [-0.05, 0) is 38.1 Å². The van der Waals surface area contributed by atoms with Crippen molar-refractivity contribution in [3.63, 3.8) is 0 Å². The fourth-order valence-corrected chi connectivity index (χ4v) is 3.63. The molecule has 2 rings (SSSR count). The molecule has 0 bridgehead atoms. The van der Waals surface area contributed by atoms with Crippen molar-refractivity contribution in [1.29, 1.82) is 0 Å². The number of hydrogen-bond acceptors (Lipinski definition) is 4. The average Bonchev–Trinajstić information content (AvgIpc) is 2.47. The second kappa shape index (κ2) is 7.38. The Labute approximate surface area is 122 Å². The SMILES string of the molecule is CCNC(=O)C1COCCN1C1CC(C)CCC1CN. The van der Waals surface area contributed by atoms with E-state index in [9.17, 15) is 4.79 Å². The number of nitrogens with two attached hydrogens (primary N) is 1. The van der Waals surface area contributed by atoms with E-state index in [-0.39, 0.29) is 11.9 Å². The Morgan fingerprint density at radius 3 is 2.95 bits per heavy atom. The van der Waals surface area contributed by atoms with Crippen LogP contribution in [0.2, 0.25) is 0 Å². The lowest BCUT2D eigenvalue weighted by Crippen LogP contribution is -2.60. The minimum absolute atomic E-state index is 0.0983. The maximum absolute atomic E-state index is 12.3. The number of likely N-dealkylation sites (N-methyl/N-ethyl adjacent to an activating group) is 1. The van der Waals surface area contributed by atoms with Crippen molar-refractivity contribution in [3.8, 4) is 0 Å². The molecule has 1 aliphatic heterocycles. The van der Waals surface area contributed by atoms with Gasteiger partial charge in [-0.15, -0.1) is 0 Å². The number of amides is 1. The molecular formula is C15H29N3O2. The van der Waals surface area contributed by atoms with Crippen LogP contribution in [-0.2, 0) is 9.53 Å². The zero-order valence-corrected chi connectivity index (χ0v) is 12.8. The third kappa shape index (κ3) is 3.51. The lowest BCUT2D eigenvalue weighted by molar-refractivity contribution is -0.136. The summed E-state index contributed by atoms with van der Waals surface area (Å²) in [6.07, 6.45) is 3.59. The van der Waals surface area contributed by atoms with Crippen molar-refractivity contribution in [2.45, 2.75) is 45.2 Å². The predicted octanol–water partition coefficient (Wildman–Crippen LogP) is 0.587. The van der Waals surface area contributed by atoms with Crippen molar-refractivity contribution in [1.82, 2.24) is 10.2 Å². The van der Waals surface area contributed by atoms with Crippen molar-refractivity contribution >= 4 is 5.91 Å². The number of carbonyl (C=O) groups is 1. The summed E-state index contributed by atoms with van der Waals surface area (Å²) in [5.41, 5.74) is 5.97. The van der Waals surface area contributed by atoms with Crippen molar-refractivity contribution in [2.24, 2.45) is 17.6 Å². The Kier molecular flexibility index (Phi) is 5.81. The molecular weight excluding hydrogens is 254 g/mol. The first-order chi connectivity index (χ1) is 9.67. The number of rotatable bonds is 4. The lowest BCUT2D eigenvalue weighted by atomic mass is 9.77. The molecule has 1 aliphatic carbocycles. The van der Waals surface area contributed by atoms with E-state index >= 15 is 0 Å². The van der Waals surface area contributed by atoms with E-state index < -0.39 is 0 Å². The summed E-state index contributed by atoms with van der Waals surface area (Å²) < 4.78 is 5.53. The summed E-state index contributed by atoms with van der Waals surface area (Å²) in [7, 11) is 0. The van der Waals surface area contributed by atoms with Gasteiger partial charge in [0.25, 0.3) is 0 Å². The van der Waals surface area contributed by atoms with Gasteiger partial charge in [0.05, 0.1) is 13.2 Å². The molecule has 1 saturated heterocycles. The number of morpholine rings is 1. The standard InChI is InChI=1S/C15H29N3O2/c1-3-17-15(19)14-10-20-7-6-18(14)13-8-11(2)4-5-12(13)9-16/h11-14H,3-10,16H2,1-2H3,(H,17,19). The monoisotopic (exact) mass is 283 g/mol. The molecule has 0 aromatic rings. The van der Waals surface area contributed by atoms with Gasteiger partial charge in [-0.2, -0.15) is 0 Å². The number of carbonyl (C=O) groups excluding carboxylic acids is 1. The maximum Gasteiger partial charge on any atom is 0.239 e. The third-order valence-corrected chi connectivity index (χ3v) is 4.77. The normalized spacial score (nSPS) is 35.8. The van der Waals surface area contributed by atoms with E-state index in [0.29, 0.717) is 25.1 Å². The Morgan fingerprint density at radius 1 is 1.45 bits per heavy atom. The van der Waals surface area contributed by atoms with Gasteiger partial charge in [-0.25, -0.2) is 0 Å². The van der Waals surface area contributed by atoms with Gasteiger partial charge in [0, 0.05) is 19.1 Å². The van der Waals surface area contributed by atoms with Crippen LogP contribution in [-0.4, -0.2) is 55.7 Å². The first-order valence-corrected chi connectivity index (χ1v) is 7.98. The molecule has 1 amide bonds. The minimum Gasteiger partial charge on any atom is -0.378 e. The van der Waals surface area contributed by atoms with Crippen LogP contribution >= 0.6 is 0 Å². The molecule has 0 aromatic heterocycles. The van der Waals surface area contributed by atoms with Gasteiger partial charge in [0.15, 0.2) is 0 Å². The molecule has 4 unspecified atom stereocenters. The minimum atomic E-state index is -0.145. The van der Waals surface area contributed by atoms with Crippen LogP contribution in [0, 0.1) is 11.8 Å². The van der Waals surface area contributed by atoms with Crippen molar-refractivity contribution in [3.05, 3.63) is 0 Å². The Balaban J connectivity index is 2.10. The second-order valence-corrected chi connectivity index (χ2v) is 6.20. The van der Waals surface area contributed by atoms with Crippen LogP contribution in [0.25, 0.3) is 0 Å². The fourth-order valence-electron chi connectivity index (χ4n) is 3.63. The molecule has 5 nitrogen and oxygen atoms in total. The number of ether oxygens (including phenoxy) is 1. The highest BCUT2D eigenvalue weighted by molar-refractivity contribution is 5.82. The Morgan fingerprint density at radius 2 is 2.25 bits per heavy atom. The van der Waals surface area contributed by atoms with Gasteiger partial charge >= 0.3 is 0 Å². The van der Waals surface area contributed by atoms with E-state index in [2.05, 4.69) is 17.1 Å². The summed E-state index contributed by atoms with van der Waals surface area (Å²) in [5, 5.41) is 2.94. The van der Waals surface area contributed by atoms with Gasteiger partial charge in [0.2, 0.25) is 5.91 Å². The van der Waals surface area contributed by atoms with Crippen LogP contribution in [0.5, 0.6) is 0 Å². The van der Waals surface area contributed by atoms with Crippen LogP contribution in [0.3, 0.4) is 0 Å². The summed E-state index contributed by atoms with van der Waals surface area (Å²) in [6.45, 7) is 7.72. The largest absolute Gasteiger partial charge is 0.378 e. The van der Waals surface area contributed by atoms with Gasteiger partial charge in [-0.3, -0.25) is 9.69 Å². The highest BCUT2D eigenvalue weighted by Gasteiger charge is 2.39. The zero-order valence-electron chi connectivity index (χ0n) is 12.8. The van der Waals surface area contributed by atoms with Gasteiger partial charge < -0.3 is 15.8 Å². The molecule has 116 valence electrons. The fraction of sp³-hybridized carbons (Fsp3) is 0.933. The molecule has 20 heavy (non-hydrogen) atoms. The van der Waals surface area contributed by atoms with Gasteiger partial charge in [0.1, 0.15) is 6.04 Å². The van der Waals surface area contributed by atoms with E-state index in [4.69, 9.17) is 10.5 Å². The molecule has 2 aliphatic rings. The molecule has 1 saturated carbocycles. The molecule has 3 N–H and O–H groups in total. The van der Waals surface area contributed by atoms with Crippen molar-refractivity contribution in [2.75, 3.05) is 32.8 Å². The van der Waals surface area contributed by atoms with Crippen LogP contribution in [0.4, 0.5) is 0 Å². The van der Waals surface area contributed by atoms with Crippen LogP contribution < -0.4 is 11.1 Å². The van der Waals surface area contributed by atoms with E-state index in [1.165, 1.54) is 12.8 Å². The topological polar surface area (TPSA) is 67.6 Å². The highest BCUT2D eigenvalue weighted by Crippen LogP contribution is 2.33. The van der Waals surface area contributed by atoms with E-state index in [1.807, 2.05) is 6.92 Å². The average molecular weight is 283 g/mol. The predicted molar refractivity (Wildman–Crippen MR) is 79.3 cm³/mol. The zero-order chi connectivity index (χ0) is 14.5. The quantitative estimate of drug-likeness (QED) is 0.792. The van der Waals surface area contributed by atoms with Gasteiger partial charge in [-0.1, -0.05) is 13.3 Å².